The first-order valence-electron chi connectivity index (χ1n) is 11.5. The first-order valence-corrected chi connectivity index (χ1v) is 12.3. The maximum absolute atomic E-state index is 13.4. The van der Waals surface area contributed by atoms with Gasteiger partial charge in [-0.05, 0) is 69.9 Å². The molecule has 2 heterocycles. The molecule has 8 heteroatoms. The van der Waals surface area contributed by atoms with E-state index < -0.39 is 17.7 Å². The Hall–Kier alpha value is -3.78. The van der Waals surface area contributed by atoms with Crippen LogP contribution < -0.4 is 9.47 Å². The number of aliphatic hydroxyl groups is 1. The predicted molar refractivity (Wildman–Crippen MR) is 137 cm³/mol. The largest absolute Gasteiger partial charge is 0.507 e. The van der Waals surface area contributed by atoms with Crippen LogP contribution in [0.5, 0.6) is 17.2 Å². The Morgan fingerprint density at radius 3 is 2.61 bits per heavy atom. The number of Topliss-reactive ketones (excluding diaryl/α,β-unsaturated/α-hetero) is 1. The molecule has 0 bridgehead atoms. The van der Waals surface area contributed by atoms with E-state index in [1.165, 1.54) is 12.0 Å². The van der Waals surface area contributed by atoms with E-state index in [1.807, 2.05) is 37.3 Å². The highest BCUT2D eigenvalue weighted by Crippen LogP contribution is 2.45. The third-order valence-electron chi connectivity index (χ3n) is 6.49. The molecule has 2 aliphatic heterocycles. The van der Waals surface area contributed by atoms with Gasteiger partial charge in [0.05, 0.1) is 23.2 Å². The van der Waals surface area contributed by atoms with Crippen molar-refractivity contribution in [2.45, 2.75) is 32.0 Å². The number of carbonyl (C=O) groups excluding carboxylic acids is 2. The van der Waals surface area contributed by atoms with Crippen LogP contribution in [0.2, 0.25) is 0 Å². The van der Waals surface area contributed by atoms with Crippen molar-refractivity contribution in [3.05, 3.63) is 93.0 Å². The molecule has 1 fully saturated rings. The van der Waals surface area contributed by atoms with Crippen LogP contribution in [0.4, 0.5) is 0 Å². The van der Waals surface area contributed by atoms with Gasteiger partial charge in [-0.25, -0.2) is 0 Å². The monoisotopic (exact) mass is 549 g/mol. The van der Waals surface area contributed by atoms with Gasteiger partial charge in [0.1, 0.15) is 17.6 Å². The molecule has 0 aliphatic carbocycles. The third kappa shape index (κ3) is 4.11. The number of nitrogens with zero attached hydrogens (tertiary/aromatic N) is 1. The molecule has 184 valence electrons. The molecular formula is C28H24BrNO6. The minimum absolute atomic E-state index is 0.0238. The lowest BCUT2D eigenvalue weighted by Crippen LogP contribution is -2.29. The second kappa shape index (κ2) is 9.35. The van der Waals surface area contributed by atoms with Crippen molar-refractivity contribution in [3.8, 4) is 17.2 Å². The highest BCUT2D eigenvalue weighted by Gasteiger charge is 2.46. The first kappa shape index (κ1) is 23.9. The second-order valence-electron chi connectivity index (χ2n) is 8.92. The van der Waals surface area contributed by atoms with Crippen LogP contribution in [-0.2, 0) is 22.6 Å². The van der Waals surface area contributed by atoms with Crippen LogP contribution in [0.25, 0.3) is 5.76 Å². The van der Waals surface area contributed by atoms with Crippen molar-refractivity contribution in [3.63, 3.8) is 0 Å². The molecule has 7 nitrogen and oxygen atoms in total. The Labute approximate surface area is 216 Å². The standard InChI is InChI=1S/C28H24BrNO6/c1-15-10-18-11-17(8-9-21(18)36-15)25(31)23-24(19-12-20(29)26(32)22(13-19)35-2)30(28(34)27(23)33)14-16-6-4-3-5-7-16/h3-9,11-13,15,24,31-32H,10,14H2,1-2H3/t15-,24+/m1/s1. The minimum Gasteiger partial charge on any atom is -0.507 e. The fourth-order valence-corrected chi connectivity index (χ4v) is 5.26. The molecule has 2 aliphatic rings. The number of carbonyl (C=O) groups is 2. The van der Waals surface area contributed by atoms with Crippen LogP contribution in [0.1, 0.15) is 35.2 Å². The molecule has 0 unspecified atom stereocenters. The maximum atomic E-state index is 13.4. The van der Waals surface area contributed by atoms with Crippen LogP contribution in [0.3, 0.4) is 0 Å². The minimum atomic E-state index is -0.903. The summed E-state index contributed by atoms with van der Waals surface area (Å²) in [5.41, 5.74) is 2.67. The van der Waals surface area contributed by atoms with E-state index in [0.29, 0.717) is 22.0 Å². The summed E-state index contributed by atoms with van der Waals surface area (Å²) in [5.74, 6) is -0.942. The molecule has 3 aromatic rings. The summed E-state index contributed by atoms with van der Waals surface area (Å²) < 4.78 is 11.4. The highest BCUT2D eigenvalue weighted by atomic mass is 79.9. The SMILES string of the molecule is COc1cc([C@H]2C(=C(O)c3ccc4c(c3)C[C@@H](C)O4)C(=O)C(=O)N2Cc2ccccc2)cc(Br)c1O. The Morgan fingerprint density at radius 1 is 1.14 bits per heavy atom. The van der Waals surface area contributed by atoms with Crippen LogP contribution in [0, 0.1) is 0 Å². The maximum Gasteiger partial charge on any atom is 0.295 e. The van der Waals surface area contributed by atoms with Gasteiger partial charge in [-0.3, -0.25) is 9.59 Å². The molecule has 1 amide bonds. The summed E-state index contributed by atoms with van der Waals surface area (Å²) in [4.78, 5) is 28.1. The highest BCUT2D eigenvalue weighted by molar-refractivity contribution is 9.10. The van der Waals surface area contributed by atoms with Gasteiger partial charge < -0.3 is 24.6 Å². The number of aromatic hydroxyl groups is 1. The second-order valence-corrected chi connectivity index (χ2v) is 9.78. The molecule has 5 rings (SSSR count). The summed E-state index contributed by atoms with van der Waals surface area (Å²) in [5, 5.41) is 21.8. The van der Waals surface area contributed by atoms with Gasteiger partial charge in [0, 0.05) is 18.5 Å². The molecule has 0 spiro atoms. The number of halogens is 1. The molecule has 1 saturated heterocycles. The van der Waals surface area contributed by atoms with Gasteiger partial charge in [-0.2, -0.15) is 0 Å². The average Bonchev–Trinajstić information content (AvgIpc) is 3.37. The lowest BCUT2D eigenvalue weighted by molar-refractivity contribution is -0.140. The molecule has 36 heavy (non-hydrogen) atoms. The lowest BCUT2D eigenvalue weighted by Gasteiger charge is -2.26. The first-order chi connectivity index (χ1) is 17.3. The smallest absolute Gasteiger partial charge is 0.295 e. The zero-order valence-corrected chi connectivity index (χ0v) is 21.3. The van der Waals surface area contributed by atoms with E-state index in [-0.39, 0.29) is 35.5 Å². The van der Waals surface area contributed by atoms with Gasteiger partial charge in [0.25, 0.3) is 11.7 Å². The number of benzene rings is 3. The Bertz CT molecular complexity index is 1400. The average molecular weight is 550 g/mol. The normalized spacial score (nSPS) is 20.4. The van der Waals surface area contributed by atoms with Crippen molar-refractivity contribution in [1.29, 1.82) is 0 Å². The summed E-state index contributed by atoms with van der Waals surface area (Å²) in [6, 6.07) is 16.8. The van der Waals surface area contributed by atoms with Crippen molar-refractivity contribution >= 4 is 33.4 Å². The van der Waals surface area contributed by atoms with E-state index in [0.717, 1.165) is 16.9 Å². The van der Waals surface area contributed by atoms with Crippen molar-refractivity contribution < 1.29 is 29.3 Å². The summed E-state index contributed by atoms with van der Waals surface area (Å²) in [6.45, 7) is 2.12. The van der Waals surface area contributed by atoms with E-state index >= 15 is 0 Å². The van der Waals surface area contributed by atoms with Crippen molar-refractivity contribution in [2.75, 3.05) is 7.11 Å². The van der Waals surface area contributed by atoms with Gasteiger partial charge >= 0.3 is 0 Å². The molecule has 0 saturated carbocycles. The van der Waals surface area contributed by atoms with Gasteiger partial charge in [0.15, 0.2) is 11.5 Å². The topological polar surface area (TPSA) is 96.3 Å². The molecule has 3 aromatic carbocycles. The van der Waals surface area contributed by atoms with E-state index in [1.54, 1.807) is 30.3 Å². The zero-order chi connectivity index (χ0) is 25.6. The van der Waals surface area contributed by atoms with E-state index in [9.17, 15) is 19.8 Å². The van der Waals surface area contributed by atoms with Gasteiger partial charge in [-0.1, -0.05) is 30.3 Å². The number of ether oxygens (including phenoxy) is 2. The lowest BCUT2D eigenvalue weighted by atomic mass is 9.94. The zero-order valence-electron chi connectivity index (χ0n) is 19.7. The van der Waals surface area contributed by atoms with Crippen LogP contribution >= 0.6 is 15.9 Å². The number of likely N-dealkylation sites (tertiary alicyclic amines) is 1. The quantitative estimate of drug-likeness (QED) is 0.261. The molecule has 0 aromatic heterocycles. The van der Waals surface area contributed by atoms with Crippen LogP contribution in [-0.4, -0.2) is 40.0 Å². The van der Waals surface area contributed by atoms with Crippen molar-refractivity contribution in [1.82, 2.24) is 4.90 Å². The van der Waals surface area contributed by atoms with Gasteiger partial charge in [-0.15, -0.1) is 0 Å². The number of aliphatic hydroxyl groups excluding tert-OH is 1. The summed E-state index contributed by atoms with van der Waals surface area (Å²) >= 11 is 3.33. The Balaban J connectivity index is 1.68. The number of hydrogen-bond donors (Lipinski definition) is 2. The third-order valence-corrected chi connectivity index (χ3v) is 7.10. The number of methoxy groups -OCH3 is 1. The molecular weight excluding hydrogens is 526 g/mol. The van der Waals surface area contributed by atoms with E-state index in [4.69, 9.17) is 9.47 Å². The number of amides is 1. The Kier molecular flexibility index (Phi) is 6.22. The van der Waals surface area contributed by atoms with Gasteiger partial charge in [0.2, 0.25) is 0 Å². The molecule has 2 N–H and O–H groups in total. The van der Waals surface area contributed by atoms with Crippen LogP contribution in [0.15, 0.2) is 70.7 Å². The number of phenols is 1. The fourth-order valence-electron chi connectivity index (χ4n) is 4.80. The number of hydrogen-bond acceptors (Lipinski definition) is 6. The number of rotatable bonds is 5. The summed E-state index contributed by atoms with van der Waals surface area (Å²) in [7, 11) is 1.42. The molecule has 0 radical (unpaired) electrons. The fraction of sp³-hybridized carbons (Fsp3) is 0.214. The predicted octanol–water partition coefficient (Wildman–Crippen LogP) is 5.11. The van der Waals surface area contributed by atoms with E-state index in [2.05, 4.69) is 15.9 Å². The number of ketones is 1. The summed E-state index contributed by atoms with van der Waals surface area (Å²) in [6.07, 6.45) is 0.709. The molecule has 2 atom stereocenters. The number of phenolic OH excluding ortho intramolecular Hbond substituents is 1. The van der Waals surface area contributed by atoms with Crippen molar-refractivity contribution in [2.24, 2.45) is 0 Å². The number of fused-ring (bicyclic) bond motifs is 1. The Morgan fingerprint density at radius 2 is 1.89 bits per heavy atom.